The third-order valence-corrected chi connectivity index (χ3v) is 4.04. The molecule has 0 aromatic heterocycles. The van der Waals surface area contributed by atoms with E-state index in [1.54, 1.807) is 7.05 Å². The summed E-state index contributed by atoms with van der Waals surface area (Å²) in [6.07, 6.45) is 2.11. The van der Waals surface area contributed by atoms with Crippen LogP contribution in [0.2, 0.25) is 0 Å². The average Bonchev–Trinajstić information content (AvgIpc) is 2.51. The molecule has 1 aromatic carbocycles. The molecule has 0 amide bonds. The van der Waals surface area contributed by atoms with E-state index in [9.17, 15) is 0 Å². The predicted molar refractivity (Wildman–Crippen MR) is 99.8 cm³/mol. The van der Waals surface area contributed by atoms with Crippen LogP contribution in [0.4, 0.5) is 0 Å². The zero-order valence-corrected chi connectivity index (χ0v) is 15.3. The van der Waals surface area contributed by atoms with E-state index in [0.29, 0.717) is 6.04 Å². The fraction of sp³-hybridized carbons (Fsp3) is 0.588. The number of nitrogens with one attached hydrogen (secondary N) is 3. The van der Waals surface area contributed by atoms with Crippen molar-refractivity contribution in [1.82, 2.24) is 16.0 Å². The molecule has 0 aliphatic rings. The summed E-state index contributed by atoms with van der Waals surface area (Å²) in [7, 11) is 1.81. The topological polar surface area (TPSA) is 48.5 Å². The van der Waals surface area contributed by atoms with Crippen LogP contribution in [0.25, 0.3) is 0 Å². The van der Waals surface area contributed by atoms with Crippen molar-refractivity contribution in [2.24, 2.45) is 4.99 Å². The minimum absolute atomic E-state index is 0.0353. The van der Waals surface area contributed by atoms with Crippen molar-refractivity contribution in [2.75, 3.05) is 32.1 Å². The molecule has 4 nitrogen and oxygen atoms in total. The van der Waals surface area contributed by atoms with Crippen molar-refractivity contribution in [2.45, 2.75) is 32.4 Å². The minimum Gasteiger partial charge on any atom is -0.356 e. The summed E-state index contributed by atoms with van der Waals surface area (Å²) >= 11 is 1.83. The van der Waals surface area contributed by atoms with Gasteiger partial charge in [-0.3, -0.25) is 4.99 Å². The van der Waals surface area contributed by atoms with Gasteiger partial charge in [0.05, 0.1) is 0 Å². The van der Waals surface area contributed by atoms with Crippen LogP contribution in [-0.2, 0) is 0 Å². The Labute approximate surface area is 139 Å². The number of aliphatic imine (C=N–C) groups is 1. The lowest BCUT2D eigenvalue weighted by atomic mass is 10.0. The zero-order valence-electron chi connectivity index (χ0n) is 14.4. The van der Waals surface area contributed by atoms with Crippen LogP contribution in [-0.4, -0.2) is 43.6 Å². The van der Waals surface area contributed by atoms with E-state index in [0.717, 1.165) is 24.8 Å². The average molecular weight is 323 g/mol. The molecule has 124 valence electrons. The molecule has 5 heteroatoms. The molecule has 0 spiro atoms. The minimum atomic E-state index is -0.0353. The lowest BCUT2D eigenvalue weighted by molar-refractivity contribution is 0.345. The van der Waals surface area contributed by atoms with Gasteiger partial charge < -0.3 is 16.0 Å². The van der Waals surface area contributed by atoms with E-state index < -0.39 is 0 Å². The van der Waals surface area contributed by atoms with Crippen LogP contribution < -0.4 is 16.0 Å². The van der Waals surface area contributed by atoms with E-state index in [-0.39, 0.29) is 5.54 Å². The van der Waals surface area contributed by atoms with Gasteiger partial charge in [0.1, 0.15) is 0 Å². The zero-order chi connectivity index (χ0) is 16.4. The van der Waals surface area contributed by atoms with Gasteiger partial charge >= 0.3 is 0 Å². The largest absolute Gasteiger partial charge is 0.356 e. The van der Waals surface area contributed by atoms with Crippen molar-refractivity contribution < 1.29 is 0 Å². The van der Waals surface area contributed by atoms with Crippen molar-refractivity contribution in [3.63, 3.8) is 0 Å². The predicted octanol–water partition coefficient (Wildman–Crippen LogP) is 2.64. The van der Waals surface area contributed by atoms with E-state index in [1.807, 2.05) is 17.8 Å². The number of hydrogen-bond acceptors (Lipinski definition) is 3. The molecular formula is C17H30N4S. The Hall–Kier alpha value is -1.20. The molecule has 0 bridgehead atoms. The highest BCUT2D eigenvalue weighted by atomic mass is 32.2. The lowest BCUT2D eigenvalue weighted by Gasteiger charge is -2.31. The summed E-state index contributed by atoms with van der Waals surface area (Å²) < 4.78 is 0. The molecule has 0 saturated heterocycles. The smallest absolute Gasteiger partial charge is 0.191 e. The number of benzene rings is 1. The molecule has 3 N–H and O–H groups in total. The number of rotatable bonds is 8. The summed E-state index contributed by atoms with van der Waals surface area (Å²) in [4.78, 5) is 4.26. The molecule has 0 saturated carbocycles. The first-order valence-corrected chi connectivity index (χ1v) is 9.14. The molecule has 1 unspecified atom stereocenters. The molecule has 22 heavy (non-hydrogen) atoms. The Morgan fingerprint density at radius 2 is 1.91 bits per heavy atom. The Kier molecular flexibility index (Phi) is 8.35. The maximum Gasteiger partial charge on any atom is 0.191 e. The molecular weight excluding hydrogens is 292 g/mol. The van der Waals surface area contributed by atoms with Crippen LogP contribution in [0.15, 0.2) is 35.3 Å². The van der Waals surface area contributed by atoms with Crippen molar-refractivity contribution >= 4 is 17.7 Å². The molecule has 0 aliphatic heterocycles. The Bertz CT molecular complexity index is 445. The van der Waals surface area contributed by atoms with Gasteiger partial charge in [0.15, 0.2) is 5.96 Å². The molecule has 0 heterocycles. The number of hydrogen-bond donors (Lipinski definition) is 3. The van der Waals surface area contributed by atoms with Crippen LogP contribution in [0.3, 0.4) is 0 Å². The lowest BCUT2D eigenvalue weighted by Crippen LogP contribution is -2.52. The second-order valence-corrected chi connectivity index (χ2v) is 6.99. The standard InChI is InChI=1S/C17H30N4S/c1-14(15-9-7-6-8-10-15)21-17(2,3)13-20-16(18-4)19-11-12-22-5/h6-10,14,21H,11-13H2,1-5H3,(H2,18,19,20). The second-order valence-electron chi connectivity index (χ2n) is 6.01. The van der Waals surface area contributed by atoms with E-state index in [4.69, 9.17) is 0 Å². The van der Waals surface area contributed by atoms with Gasteiger partial charge in [-0.05, 0) is 32.6 Å². The highest BCUT2D eigenvalue weighted by Gasteiger charge is 2.21. The van der Waals surface area contributed by atoms with Gasteiger partial charge in [0.25, 0.3) is 0 Å². The van der Waals surface area contributed by atoms with Crippen LogP contribution in [0, 0.1) is 0 Å². The quantitative estimate of drug-likeness (QED) is 0.391. The number of nitrogens with zero attached hydrogens (tertiary/aromatic N) is 1. The van der Waals surface area contributed by atoms with Crippen molar-refractivity contribution in [1.29, 1.82) is 0 Å². The molecule has 1 atom stereocenters. The van der Waals surface area contributed by atoms with Gasteiger partial charge in [-0.1, -0.05) is 30.3 Å². The first-order chi connectivity index (χ1) is 10.5. The van der Waals surface area contributed by atoms with E-state index in [1.165, 1.54) is 5.56 Å². The Balaban J connectivity index is 2.45. The third-order valence-electron chi connectivity index (χ3n) is 3.43. The van der Waals surface area contributed by atoms with Gasteiger partial charge in [0.2, 0.25) is 0 Å². The van der Waals surface area contributed by atoms with E-state index in [2.05, 4.69) is 72.2 Å². The molecule has 1 aromatic rings. The summed E-state index contributed by atoms with van der Waals surface area (Å²) in [6, 6.07) is 10.8. The maximum absolute atomic E-state index is 4.26. The summed E-state index contributed by atoms with van der Waals surface area (Å²) in [6.45, 7) is 8.34. The van der Waals surface area contributed by atoms with Crippen LogP contribution in [0.1, 0.15) is 32.4 Å². The fourth-order valence-electron chi connectivity index (χ4n) is 2.26. The van der Waals surface area contributed by atoms with Gasteiger partial charge in [-0.15, -0.1) is 0 Å². The highest BCUT2D eigenvalue weighted by molar-refractivity contribution is 7.98. The normalized spacial score (nSPS) is 13.8. The first kappa shape index (κ1) is 18.8. The second kappa shape index (κ2) is 9.74. The number of thioether (sulfide) groups is 1. The van der Waals surface area contributed by atoms with Gasteiger partial charge in [-0.2, -0.15) is 11.8 Å². The van der Waals surface area contributed by atoms with Crippen molar-refractivity contribution in [3.05, 3.63) is 35.9 Å². The molecule has 1 rings (SSSR count). The molecule has 0 fully saturated rings. The Morgan fingerprint density at radius 1 is 1.23 bits per heavy atom. The molecule has 0 aliphatic carbocycles. The SMILES string of the molecule is CN=C(NCCSC)NCC(C)(C)NC(C)c1ccccc1. The highest BCUT2D eigenvalue weighted by Crippen LogP contribution is 2.15. The fourth-order valence-corrected chi connectivity index (χ4v) is 2.57. The van der Waals surface area contributed by atoms with Crippen LogP contribution >= 0.6 is 11.8 Å². The van der Waals surface area contributed by atoms with Crippen LogP contribution in [0.5, 0.6) is 0 Å². The summed E-state index contributed by atoms with van der Waals surface area (Å²) in [5, 5.41) is 10.4. The third kappa shape index (κ3) is 7.18. The summed E-state index contributed by atoms with van der Waals surface area (Å²) in [5.74, 6) is 1.93. The Morgan fingerprint density at radius 3 is 2.50 bits per heavy atom. The number of guanidine groups is 1. The van der Waals surface area contributed by atoms with Gasteiger partial charge in [-0.25, -0.2) is 0 Å². The molecule has 0 radical (unpaired) electrons. The maximum atomic E-state index is 4.26. The monoisotopic (exact) mass is 322 g/mol. The van der Waals surface area contributed by atoms with Gasteiger partial charge in [0, 0.05) is 37.5 Å². The van der Waals surface area contributed by atoms with Crippen molar-refractivity contribution in [3.8, 4) is 0 Å². The summed E-state index contributed by atoms with van der Waals surface area (Å²) in [5.41, 5.74) is 1.27. The van der Waals surface area contributed by atoms with E-state index >= 15 is 0 Å². The first-order valence-electron chi connectivity index (χ1n) is 7.74.